The number of nitrogens with two attached hydrogens (primary N) is 1. The Kier molecular flexibility index (Phi) is 5.85. The first-order chi connectivity index (χ1) is 17.0. The molecule has 0 fully saturated rings. The topological polar surface area (TPSA) is 90.5 Å². The summed E-state index contributed by atoms with van der Waals surface area (Å²) in [5.74, 6) is -0.930. The maximum Gasteiger partial charge on any atom is 0.260 e. The van der Waals surface area contributed by atoms with E-state index in [0.29, 0.717) is 28.3 Å². The number of amides is 2. The van der Waals surface area contributed by atoms with Crippen LogP contribution in [0, 0.1) is 5.82 Å². The summed E-state index contributed by atoms with van der Waals surface area (Å²) in [5.41, 5.74) is 8.81. The fourth-order valence-corrected chi connectivity index (χ4v) is 3.90. The molecule has 1 aliphatic heterocycles. The third kappa shape index (κ3) is 4.54. The predicted octanol–water partition coefficient (Wildman–Crippen LogP) is 3.97. The molecule has 0 saturated carbocycles. The zero-order chi connectivity index (χ0) is 24.4. The van der Waals surface area contributed by atoms with Crippen molar-refractivity contribution in [2.24, 2.45) is 5.73 Å². The number of nitrogens with zero attached hydrogens (tertiary/aromatic N) is 3. The van der Waals surface area contributed by atoms with Crippen molar-refractivity contribution in [3.05, 3.63) is 103 Å². The van der Waals surface area contributed by atoms with E-state index in [2.05, 4.69) is 5.10 Å². The SMILES string of the molecule is NC(=O)C1CN(C(=O)/C=C/c2cn(-c3ccccc3)nc2-c2ccc(F)cc2)c2ccccc2O1. The van der Waals surface area contributed by atoms with Crippen molar-refractivity contribution in [3.8, 4) is 22.7 Å². The highest BCUT2D eigenvalue weighted by Crippen LogP contribution is 2.33. The molecule has 3 aromatic carbocycles. The lowest BCUT2D eigenvalue weighted by Crippen LogP contribution is -2.49. The average Bonchev–Trinajstić information content (AvgIpc) is 3.32. The molecule has 2 heterocycles. The van der Waals surface area contributed by atoms with Crippen molar-refractivity contribution in [3.63, 3.8) is 0 Å². The molecule has 1 aliphatic rings. The number of para-hydroxylation sites is 3. The van der Waals surface area contributed by atoms with Gasteiger partial charge in [-0.15, -0.1) is 0 Å². The van der Waals surface area contributed by atoms with Gasteiger partial charge in [0.1, 0.15) is 11.6 Å². The highest BCUT2D eigenvalue weighted by atomic mass is 19.1. The van der Waals surface area contributed by atoms with Crippen molar-refractivity contribution >= 4 is 23.6 Å². The molecule has 8 heteroatoms. The zero-order valence-electron chi connectivity index (χ0n) is 18.5. The number of carbonyl (C=O) groups is 2. The Morgan fingerprint density at radius 3 is 2.46 bits per heavy atom. The molecule has 174 valence electrons. The normalized spacial score (nSPS) is 15.0. The van der Waals surface area contributed by atoms with Crippen LogP contribution in [0.25, 0.3) is 23.0 Å². The van der Waals surface area contributed by atoms with Gasteiger partial charge in [0.25, 0.3) is 11.8 Å². The van der Waals surface area contributed by atoms with Gasteiger partial charge in [0.15, 0.2) is 6.10 Å². The van der Waals surface area contributed by atoms with Gasteiger partial charge in [0.2, 0.25) is 0 Å². The summed E-state index contributed by atoms with van der Waals surface area (Å²) in [6.07, 6.45) is 3.93. The van der Waals surface area contributed by atoms with Crippen LogP contribution < -0.4 is 15.4 Å². The maximum absolute atomic E-state index is 13.5. The van der Waals surface area contributed by atoms with Crippen molar-refractivity contribution in [2.45, 2.75) is 6.10 Å². The second-order valence-electron chi connectivity index (χ2n) is 7.98. The van der Waals surface area contributed by atoms with E-state index < -0.39 is 12.0 Å². The van der Waals surface area contributed by atoms with Crippen molar-refractivity contribution in [1.82, 2.24) is 9.78 Å². The van der Waals surface area contributed by atoms with Crippen LogP contribution in [0.15, 0.2) is 91.1 Å². The zero-order valence-corrected chi connectivity index (χ0v) is 18.5. The van der Waals surface area contributed by atoms with E-state index in [1.54, 1.807) is 53.4 Å². The van der Waals surface area contributed by atoms with Gasteiger partial charge in [0, 0.05) is 23.4 Å². The van der Waals surface area contributed by atoms with Crippen molar-refractivity contribution in [1.29, 1.82) is 0 Å². The van der Waals surface area contributed by atoms with Crippen molar-refractivity contribution < 1.29 is 18.7 Å². The third-order valence-electron chi connectivity index (χ3n) is 5.64. The summed E-state index contributed by atoms with van der Waals surface area (Å²) in [5, 5.41) is 4.68. The van der Waals surface area contributed by atoms with Gasteiger partial charge < -0.3 is 15.4 Å². The second-order valence-corrected chi connectivity index (χ2v) is 7.98. The Morgan fingerprint density at radius 1 is 1.00 bits per heavy atom. The first kappa shape index (κ1) is 22.1. The largest absolute Gasteiger partial charge is 0.477 e. The minimum absolute atomic E-state index is 0.00359. The number of primary amides is 1. The minimum Gasteiger partial charge on any atom is -0.477 e. The van der Waals surface area contributed by atoms with E-state index in [4.69, 9.17) is 10.5 Å². The molecule has 1 atom stereocenters. The Morgan fingerprint density at radius 2 is 1.71 bits per heavy atom. The molecule has 7 nitrogen and oxygen atoms in total. The van der Waals surface area contributed by atoms with E-state index in [1.165, 1.54) is 23.1 Å². The monoisotopic (exact) mass is 468 g/mol. The highest BCUT2D eigenvalue weighted by Gasteiger charge is 2.31. The molecule has 2 N–H and O–H groups in total. The van der Waals surface area contributed by atoms with Crippen LogP contribution in [-0.2, 0) is 9.59 Å². The predicted molar refractivity (Wildman–Crippen MR) is 130 cm³/mol. The van der Waals surface area contributed by atoms with Gasteiger partial charge in [-0.1, -0.05) is 30.3 Å². The first-order valence-corrected chi connectivity index (χ1v) is 11.0. The number of fused-ring (bicyclic) bond motifs is 1. The number of rotatable bonds is 5. The summed E-state index contributed by atoms with van der Waals surface area (Å²) in [4.78, 5) is 26.5. The number of aromatic nitrogens is 2. The van der Waals surface area contributed by atoms with Gasteiger partial charge >= 0.3 is 0 Å². The fraction of sp³-hybridized carbons (Fsp3) is 0.0741. The molecule has 0 saturated heterocycles. The van der Waals surface area contributed by atoms with Crippen LogP contribution >= 0.6 is 0 Å². The standard InChI is InChI=1S/C27H21FN4O3/c28-20-13-10-18(11-14-20)26-19(16-32(30-26)21-6-2-1-3-7-21)12-15-25(33)31-17-24(27(29)34)35-23-9-5-4-8-22(23)31/h1-16,24H,17H2,(H2,29,34)/b15-12+. The molecule has 0 radical (unpaired) electrons. The van der Waals surface area contributed by atoms with Crippen LogP contribution in [0.4, 0.5) is 10.1 Å². The molecule has 5 rings (SSSR count). The summed E-state index contributed by atoms with van der Waals surface area (Å²) in [6, 6.07) is 22.5. The Bertz CT molecular complexity index is 1410. The Labute approximate surface area is 200 Å². The molecule has 2 amide bonds. The molecule has 0 bridgehead atoms. The Balaban J connectivity index is 1.50. The Hall–Kier alpha value is -4.72. The van der Waals surface area contributed by atoms with E-state index >= 15 is 0 Å². The fourth-order valence-electron chi connectivity index (χ4n) is 3.90. The molecule has 1 unspecified atom stereocenters. The molecule has 4 aromatic rings. The van der Waals surface area contributed by atoms with Crippen LogP contribution in [0.1, 0.15) is 5.56 Å². The number of ether oxygens (including phenoxy) is 1. The lowest BCUT2D eigenvalue weighted by atomic mass is 10.1. The van der Waals surface area contributed by atoms with Crippen LogP contribution in [0.5, 0.6) is 5.75 Å². The molecule has 35 heavy (non-hydrogen) atoms. The maximum atomic E-state index is 13.5. The molecule has 0 aliphatic carbocycles. The second kappa shape index (κ2) is 9.26. The van der Waals surface area contributed by atoms with E-state index in [9.17, 15) is 14.0 Å². The number of benzene rings is 3. The minimum atomic E-state index is -0.946. The number of anilines is 1. The van der Waals surface area contributed by atoms with E-state index in [1.807, 2.05) is 30.3 Å². The van der Waals surface area contributed by atoms with E-state index in [0.717, 1.165) is 5.69 Å². The van der Waals surface area contributed by atoms with Gasteiger partial charge in [-0.2, -0.15) is 5.10 Å². The van der Waals surface area contributed by atoms with Crippen LogP contribution in [-0.4, -0.2) is 34.2 Å². The van der Waals surface area contributed by atoms with Gasteiger partial charge in [-0.3, -0.25) is 9.59 Å². The summed E-state index contributed by atoms with van der Waals surface area (Å²) >= 11 is 0. The molecular weight excluding hydrogens is 447 g/mol. The lowest BCUT2D eigenvalue weighted by Gasteiger charge is -2.32. The van der Waals surface area contributed by atoms with Gasteiger partial charge in [-0.25, -0.2) is 9.07 Å². The molecule has 0 spiro atoms. The van der Waals surface area contributed by atoms with Crippen LogP contribution in [0.3, 0.4) is 0 Å². The smallest absolute Gasteiger partial charge is 0.260 e. The number of carbonyl (C=O) groups excluding carboxylic acids is 2. The highest BCUT2D eigenvalue weighted by molar-refractivity contribution is 6.06. The van der Waals surface area contributed by atoms with Crippen molar-refractivity contribution in [2.75, 3.05) is 11.4 Å². The average molecular weight is 468 g/mol. The number of halogens is 1. The summed E-state index contributed by atoms with van der Waals surface area (Å²) in [7, 11) is 0. The number of hydrogen-bond donors (Lipinski definition) is 1. The number of hydrogen-bond acceptors (Lipinski definition) is 4. The molecule has 1 aromatic heterocycles. The molecular formula is C27H21FN4O3. The van der Waals surface area contributed by atoms with Crippen LogP contribution in [0.2, 0.25) is 0 Å². The third-order valence-corrected chi connectivity index (χ3v) is 5.64. The van der Waals surface area contributed by atoms with E-state index in [-0.39, 0.29) is 18.3 Å². The van der Waals surface area contributed by atoms with Gasteiger partial charge in [0.05, 0.1) is 23.6 Å². The quantitative estimate of drug-likeness (QED) is 0.449. The first-order valence-electron chi connectivity index (χ1n) is 11.0. The lowest BCUT2D eigenvalue weighted by molar-refractivity contribution is -0.125. The van der Waals surface area contributed by atoms with Gasteiger partial charge in [-0.05, 0) is 54.6 Å². The summed E-state index contributed by atoms with van der Waals surface area (Å²) in [6.45, 7) is 0.00359. The summed E-state index contributed by atoms with van der Waals surface area (Å²) < 4.78 is 20.9.